The highest BCUT2D eigenvalue weighted by molar-refractivity contribution is 7.15. The van der Waals surface area contributed by atoms with Gasteiger partial charge in [-0.05, 0) is 19.4 Å². The molecule has 3 heteroatoms. The zero-order valence-corrected chi connectivity index (χ0v) is 9.64. The van der Waals surface area contributed by atoms with Gasteiger partial charge in [-0.1, -0.05) is 24.3 Å². The van der Waals surface area contributed by atoms with Crippen LogP contribution >= 0.6 is 11.3 Å². The molecule has 0 bridgehead atoms. The largest absolute Gasteiger partial charge is 0.391 e. The van der Waals surface area contributed by atoms with Gasteiger partial charge < -0.3 is 5.11 Å². The smallest absolute Gasteiger partial charge is 0.124 e. The van der Waals surface area contributed by atoms with Crippen molar-refractivity contribution >= 4 is 11.3 Å². The Balaban J connectivity index is 2.50. The number of rotatable bonds is 2. The van der Waals surface area contributed by atoms with Gasteiger partial charge in [-0.25, -0.2) is 4.98 Å². The molecule has 78 valence electrons. The zero-order valence-electron chi connectivity index (χ0n) is 8.82. The van der Waals surface area contributed by atoms with E-state index in [-0.39, 0.29) is 6.61 Å². The molecule has 0 saturated carbocycles. The number of thiazole rings is 1. The maximum Gasteiger partial charge on any atom is 0.124 e. The molecule has 0 atom stereocenters. The average Bonchev–Trinajstić information content (AvgIpc) is 2.60. The molecule has 0 saturated heterocycles. The fourth-order valence-corrected chi connectivity index (χ4v) is 2.52. The van der Waals surface area contributed by atoms with Crippen LogP contribution < -0.4 is 0 Å². The number of benzene rings is 1. The Kier molecular flexibility index (Phi) is 2.84. The zero-order chi connectivity index (χ0) is 10.8. The summed E-state index contributed by atoms with van der Waals surface area (Å²) < 4.78 is 0. The summed E-state index contributed by atoms with van der Waals surface area (Å²) >= 11 is 1.57. The molecule has 0 aliphatic rings. The number of aromatic nitrogens is 1. The summed E-state index contributed by atoms with van der Waals surface area (Å²) in [5.41, 5.74) is 3.31. The topological polar surface area (TPSA) is 33.1 Å². The van der Waals surface area contributed by atoms with Crippen molar-refractivity contribution in [1.29, 1.82) is 0 Å². The predicted molar refractivity (Wildman–Crippen MR) is 62.9 cm³/mol. The van der Waals surface area contributed by atoms with E-state index in [4.69, 9.17) is 5.11 Å². The Morgan fingerprint density at radius 2 is 2.00 bits per heavy atom. The fraction of sp³-hybridized carbons (Fsp3) is 0.250. The first-order chi connectivity index (χ1) is 7.22. The van der Waals surface area contributed by atoms with Crippen LogP contribution in [0.15, 0.2) is 24.3 Å². The van der Waals surface area contributed by atoms with Crippen molar-refractivity contribution in [3.05, 3.63) is 40.4 Å². The van der Waals surface area contributed by atoms with Crippen LogP contribution in [-0.2, 0) is 6.61 Å². The van der Waals surface area contributed by atoms with Crippen LogP contribution in [0.3, 0.4) is 0 Å². The van der Waals surface area contributed by atoms with Crippen molar-refractivity contribution in [2.45, 2.75) is 20.5 Å². The Hall–Kier alpha value is -1.19. The number of aryl methyl sites for hydroxylation is 2. The molecule has 15 heavy (non-hydrogen) atoms. The number of aliphatic hydroxyl groups excluding tert-OH is 1. The van der Waals surface area contributed by atoms with Crippen molar-refractivity contribution in [2.24, 2.45) is 0 Å². The third kappa shape index (κ3) is 1.94. The summed E-state index contributed by atoms with van der Waals surface area (Å²) in [5, 5.41) is 10.1. The molecule has 2 nitrogen and oxygen atoms in total. The number of hydrogen-bond acceptors (Lipinski definition) is 3. The average molecular weight is 219 g/mol. The van der Waals surface area contributed by atoms with Gasteiger partial charge in [0.15, 0.2) is 0 Å². The molecule has 0 amide bonds. The molecular weight excluding hydrogens is 206 g/mol. The molecule has 0 spiro atoms. The standard InChI is InChI=1S/C12H13NOS/c1-8-5-3-4-6-10(8)12-13-9(2)11(7-14)15-12/h3-6,14H,7H2,1-2H3. The summed E-state index contributed by atoms with van der Waals surface area (Å²) in [6.45, 7) is 4.09. The van der Waals surface area contributed by atoms with Gasteiger partial charge in [0.25, 0.3) is 0 Å². The van der Waals surface area contributed by atoms with Crippen LogP contribution in [0, 0.1) is 13.8 Å². The van der Waals surface area contributed by atoms with Gasteiger partial charge in [-0.15, -0.1) is 11.3 Å². The second kappa shape index (κ2) is 4.13. The Morgan fingerprint density at radius 1 is 1.27 bits per heavy atom. The van der Waals surface area contributed by atoms with E-state index in [2.05, 4.69) is 24.0 Å². The summed E-state index contributed by atoms with van der Waals surface area (Å²) in [6.07, 6.45) is 0. The molecule has 1 aromatic carbocycles. The third-order valence-corrected chi connectivity index (χ3v) is 3.59. The van der Waals surface area contributed by atoms with E-state index >= 15 is 0 Å². The summed E-state index contributed by atoms with van der Waals surface area (Å²) in [4.78, 5) is 5.42. The molecule has 2 aromatic rings. The lowest BCUT2D eigenvalue weighted by atomic mass is 10.1. The normalized spacial score (nSPS) is 10.6. The quantitative estimate of drug-likeness (QED) is 0.842. The van der Waals surface area contributed by atoms with E-state index in [1.807, 2.05) is 19.1 Å². The molecular formula is C12H13NOS. The second-order valence-electron chi connectivity index (χ2n) is 3.50. The molecule has 0 aliphatic carbocycles. The predicted octanol–water partition coefficient (Wildman–Crippen LogP) is 2.92. The number of hydrogen-bond donors (Lipinski definition) is 1. The minimum Gasteiger partial charge on any atom is -0.391 e. The molecule has 0 aliphatic heterocycles. The summed E-state index contributed by atoms with van der Waals surface area (Å²) in [6, 6.07) is 8.17. The lowest BCUT2D eigenvalue weighted by molar-refractivity contribution is 0.284. The van der Waals surface area contributed by atoms with Crippen molar-refractivity contribution in [3.8, 4) is 10.6 Å². The lowest BCUT2D eigenvalue weighted by Crippen LogP contribution is -1.82. The molecule has 0 unspecified atom stereocenters. The second-order valence-corrected chi connectivity index (χ2v) is 4.58. The van der Waals surface area contributed by atoms with Gasteiger partial charge in [-0.3, -0.25) is 0 Å². The van der Waals surface area contributed by atoms with Crippen LogP contribution in [0.4, 0.5) is 0 Å². The van der Waals surface area contributed by atoms with Gasteiger partial charge in [0, 0.05) is 5.56 Å². The molecule has 1 N–H and O–H groups in total. The fourth-order valence-electron chi connectivity index (χ4n) is 1.50. The minimum atomic E-state index is 0.0788. The molecule has 2 rings (SSSR count). The van der Waals surface area contributed by atoms with Gasteiger partial charge in [-0.2, -0.15) is 0 Å². The van der Waals surface area contributed by atoms with E-state index in [0.717, 1.165) is 21.1 Å². The number of aliphatic hydroxyl groups is 1. The van der Waals surface area contributed by atoms with E-state index in [0.29, 0.717) is 0 Å². The van der Waals surface area contributed by atoms with E-state index in [9.17, 15) is 0 Å². The highest BCUT2D eigenvalue weighted by atomic mass is 32.1. The van der Waals surface area contributed by atoms with E-state index < -0.39 is 0 Å². The van der Waals surface area contributed by atoms with Crippen LogP contribution in [0.2, 0.25) is 0 Å². The molecule has 0 fully saturated rings. The first kappa shape index (κ1) is 10.3. The van der Waals surface area contributed by atoms with Crippen LogP contribution in [0.1, 0.15) is 16.1 Å². The van der Waals surface area contributed by atoms with Crippen molar-refractivity contribution < 1.29 is 5.11 Å². The van der Waals surface area contributed by atoms with E-state index in [1.54, 1.807) is 11.3 Å². The van der Waals surface area contributed by atoms with Gasteiger partial charge in [0.2, 0.25) is 0 Å². The lowest BCUT2D eigenvalue weighted by Gasteiger charge is -1.99. The Bertz CT molecular complexity index is 476. The summed E-state index contributed by atoms with van der Waals surface area (Å²) in [7, 11) is 0. The van der Waals surface area contributed by atoms with Crippen LogP contribution in [0.5, 0.6) is 0 Å². The third-order valence-electron chi connectivity index (χ3n) is 2.41. The van der Waals surface area contributed by atoms with Crippen molar-refractivity contribution in [3.63, 3.8) is 0 Å². The monoisotopic (exact) mass is 219 g/mol. The SMILES string of the molecule is Cc1ccccc1-c1nc(C)c(CO)s1. The first-order valence-corrected chi connectivity index (χ1v) is 5.67. The van der Waals surface area contributed by atoms with Gasteiger partial charge in [0.05, 0.1) is 17.2 Å². The highest BCUT2D eigenvalue weighted by Gasteiger charge is 2.09. The van der Waals surface area contributed by atoms with Gasteiger partial charge in [0.1, 0.15) is 5.01 Å². The Morgan fingerprint density at radius 3 is 2.60 bits per heavy atom. The molecule has 0 radical (unpaired) electrons. The molecule has 1 aromatic heterocycles. The summed E-state index contributed by atoms with van der Waals surface area (Å²) in [5.74, 6) is 0. The number of nitrogens with zero attached hydrogens (tertiary/aromatic N) is 1. The minimum absolute atomic E-state index is 0.0788. The Labute approximate surface area is 93.2 Å². The van der Waals surface area contributed by atoms with Crippen molar-refractivity contribution in [2.75, 3.05) is 0 Å². The van der Waals surface area contributed by atoms with Crippen LogP contribution in [-0.4, -0.2) is 10.1 Å². The van der Waals surface area contributed by atoms with Crippen LogP contribution in [0.25, 0.3) is 10.6 Å². The molecule has 1 heterocycles. The van der Waals surface area contributed by atoms with Crippen molar-refractivity contribution in [1.82, 2.24) is 4.98 Å². The first-order valence-electron chi connectivity index (χ1n) is 4.85. The van der Waals surface area contributed by atoms with Gasteiger partial charge >= 0.3 is 0 Å². The maximum absolute atomic E-state index is 9.12. The maximum atomic E-state index is 9.12. The highest BCUT2D eigenvalue weighted by Crippen LogP contribution is 2.29. The van der Waals surface area contributed by atoms with E-state index in [1.165, 1.54) is 5.56 Å².